The van der Waals surface area contributed by atoms with Gasteiger partial charge in [-0.1, -0.05) is 82.0 Å². The van der Waals surface area contributed by atoms with Gasteiger partial charge in [-0.2, -0.15) is 5.26 Å². The van der Waals surface area contributed by atoms with Crippen molar-refractivity contribution < 1.29 is 4.42 Å². The molecule has 3 aromatic heterocycles. The monoisotopic (exact) mass is 635 g/mol. The van der Waals surface area contributed by atoms with E-state index >= 15 is 0 Å². The molecule has 0 spiro atoms. The smallest absolute Gasteiger partial charge is 0.135 e. The molecular formula is C45H37N3O. The molecule has 4 heteroatoms. The summed E-state index contributed by atoms with van der Waals surface area (Å²) < 4.78 is 11.0. The Balaban J connectivity index is 1.29. The van der Waals surface area contributed by atoms with Crippen molar-refractivity contribution in [1.82, 2.24) is 9.13 Å². The largest absolute Gasteiger partial charge is 0.456 e. The van der Waals surface area contributed by atoms with Crippen LogP contribution < -0.4 is 0 Å². The molecule has 0 amide bonds. The van der Waals surface area contributed by atoms with Crippen LogP contribution in [-0.4, -0.2) is 9.13 Å². The first-order valence-corrected chi connectivity index (χ1v) is 17.6. The first-order chi connectivity index (χ1) is 24.1. The van der Waals surface area contributed by atoms with Gasteiger partial charge in [0.1, 0.15) is 11.2 Å². The molecule has 0 aliphatic rings. The quantitative estimate of drug-likeness (QED) is 0.167. The maximum atomic E-state index is 9.68. The van der Waals surface area contributed by atoms with E-state index in [0.717, 1.165) is 61.5 Å². The zero-order valence-corrected chi connectivity index (χ0v) is 27.9. The van der Waals surface area contributed by atoms with Gasteiger partial charge < -0.3 is 13.6 Å². The predicted molar refractivity (Wildman–Crippen MR) is 204 cm³/mol. The molecule has 6 aromatic carbocycles. The van der Waals surface area contributed by atoms with Crippen molar-refractivity contribution in [2.24, 2.45) is 5.92 Å². The van der Waals surface area contributed by atoms with Gasteiger partial charge in [0.05, 0.1) is 33.7 Å². The van der Waals surface area contributed by atoms with Crippen LogP contribution in [-0.2, 0) is 6.42 Å². The van der Waals surface area contributed by atoms with Crippen LogP contribution in [0, 0.1) is 17.2 Å². The van der Waals surface area contributed by atoms with E-state index in [0.29, 0.717) is 11.5 Å². The van der Waals surface area contributed by atoms with Gasteiger partial charge in [-0.15, -0.1) is 0 Å². The van der Waals surface area contributed by atoms with Crippen molar-refractivity contribution in [3.63, 3.8) is 0 Å². The van der Waals surface area contributed by atoms with Crippen LogP contribution in [0.5, 0.6) is 0 Å². The lowest BCUT2D eigenvalue weighted by atomic mass is 9.91. The highest BCUT2D eigenvalue weighted by molar-refractivity contribution is 6.13. The van der Waals surface area contributed by atoms with E-state index in [2.05, 4.69) is 126 Å². The van der Waals surface area contributed by atoms with Crippen LogP contribution in [0.1, 0.15) is 50.7 Å². The van der Waals surface area contributed by atoms with E-state index in [4.69, 9.17) is 4.42 Å². The molecule has 1 unspecified atom stereocenters. The summed E-state index contributed by atoms with van der Waals surface area (Å²) in [7, 11) is 0. The molecule has 0 saturated carbocycles. The lowest BCUT2D eigenvalue weighted by molar-refractivity contribution is 0.449. The lowest BCUT2D eigenvalue weighted by Gasteiger charge is -2.15. The Bertz CT molecular complexity index is 2750. The van der Waals surface area contributed by atoms with E-state index in [1.165, 1.54) is 53.1 Å². The number of nitriles is 1. The van der Waals surface area contributed by atoms with Gasteiger partial charge in [-0.25, -0.2) is 0 Å². The van der Waals surface area contributed by atoms with Crippen molar-refractivity contribution in [3.8, 4) is 17.4 Å². The Kier molecular flexibility index (Phi) is 7.02. The average molecular weight is 636 g/mol. The third-order valence-electron chi connectivity index (χ3n) is 10.6. The molecular weight excluding hydrogens is 599 g/mol. The Morgan fingerprint density at radius 3 is 1.98 bits per heavy atom. The molecule has 9 aromatic rings. The van der Waals surface area contributed by atoms with Crippen molar-refractivity contribution in [2.75, 3.05) is 0 Å². The fraction of sp³-hybridized carbons (Fsp3) is 0.178. The number of para-hydroxylation sites is 2. The summed E-state index contributed by atoms with van der Waals surface area (Å²) in [6.45, 7) is 4.62. The lowest BCUT2D eigenvalue weighted by Crippen LogP contribution is -2.03. The number of aromatic nitrogens is 2. The molecule has 0 saturated heterocycles. The van der Waals surface area contributed by atoms with Crippen LogP contribution in [0.25, 0.3) is 76.9 Å². The van der Waals surface area contributed by atoms with Gasteiger partial charge in [0.25, 0.3) is 0 Å². The summed E-state index contributed by atoms with van der Waals surface area (Å²) in [5.74, 6) is 0.689. The number of unbranched alkanes of at least 4 members (excludes halogenated alkanes) is 1. The third kappa shape index (κ3) is 4.72. The predicted octanol–water partition coefficient (Wildman–Crippen LogP) is 12.4. The Labute approximate surface area is 285 Å². The molecule has 4 nitrogen and oxygen atoms in total. The molecule has 3 heterocycles. The van der Waals surface area contributed by atoms with Crippen LogP contribution >= 0.6 is 0 Å². The molecule has 49 heavy (non-hydrogen) atoms. The number of fused-ring (bicyclic) bond motifs is 9. The second kappa shape index (κ2) is 11.7. The van der Waals surface area contributed by atoms with Crippen LogP contribution in [0.4, 0.5) is 0 Å². The molecule has 0 aliphatic carbocycles. The van der Waals surface area contributed by atoms with E-state index in [-0.39, 0.29) is 0 Å². The zero-order chi connectivity index (χ0) is 33.1. The number of benzene rings is 6. The summed E-state index contributed by atoms with van der Waals surface area (Å²) in [4.78, 5) is 0. The fourth-order valence-electron chi connectivity index (χ4n) is 8.05. The minimum Gasteiger partial charge on any atom is -0.456 e. The maximum Gasteiger partial charge on any atom is 0.135 e. The van der Waals surface area contributed by atoms with E-state index < -0.39 is 0 Å². The van der Waals surface area contributed by atoms with Gasteiger partial charge in [-0.05, 0) is 96.8 Å². The second-order valence-electron chi connectivity index (χ2n) is 13.5. The van der Waals surface area contributed by atoms with Gasteiger partial charge >= 0.3 is 0 Å². The number of nitrogens with zero attached hydrogens (tertiary/aromatic N) is 3. The highest BCUT2D eigenvalue weighted by Gasteiger charge is 2.19. The average Bonchev–Trinajstić information content (AvgIpc) is 3.79. The molecule has 238 valence electrons. The molecule has 1 atom stereocenters. The number of furan rings is 1. The molecule has 0 aliphatic heterocycles. The fourth-order valence-corrected chi connectivity index (χ4v) is 8.05. The molecule has 0 N–H and O–H groups in total. The van der Waals surface area contributed by atoms with E-state index in [1.807, 2.05) is 24.3 Å². The summed E-state index contributed by atoms with van der Waals surface area (Å²) >= 11 is 0. The van der Waals surface area contributed by atoms with Crippen molar-refractivity contribution in [3.05, 3.63) is 132 Å². The second-order valence-corrected chi connectivity index (χ2v) is 13.5. The minimum absolute atomic E-state index is 0.674. The zero-order valence-electron chi connectivity index (χ0n) is 27.9. The van der Waals surface area contributed by atoms with Crippen molar-refractivity contribution in [1.29, 1.82) is 5.26 Å². The van der Waals surface area contributed by atoms with E-state index in [9.17, 15) is 5.26 Å². The number of hydrogen-bond donors (Lipinski definition) is 0. The van der Waals surface area contributed by atoms with Gasteiger partial charge in [0, 0.05) is 43.7 Å². The van der Waals surface area contributed by atoms with Crippen molar-refractivity contribution >= 4 is 65.6 Å². The molecule has 0 bridgehead atoms. The van der Waals surface area contributed by atoms with E-state index in [1.54, 1.807) is 0 Å². The summed E-state index contributed by atoms with van der Waals surface area (Å²) in [6, 6.07) is 45.7. The maximum absolute atomic E-state index is 9.68. The van der Waals surface area contributed by atoms with Gasteiger partial charge in [-0.3, -0.25) is 0 Å². The number of rotatable bonds is 8. The summed E-state index contributed by atoms with van der Waals surface area (Å²) in [5.41, 5.74) is 10.7. The summed E-state index contributed by atoms with van der Waals surface area (Å²) in [6.07, 6.45) is 6.09. The SMILES string of the molecule is CCCCC(CC)Cc1ccc2c(c1)c1cc(-n3c4ccccc4c4cc(C#N)ccc43)ccc1n2-c1ccc2oc3ccccc3c2c1. The van der Waals surface area contributed by atoms with Gasteiger partial charge in [0.2, 0.25) is 0 Å². The molecule has 0 radical (unpaired) electrons. The first-order valence-electron chi connectivity index (χ1n) is 17.6. The van der Waals surface area contributed by atoms with Gasteiger partial charge in [0.15, 0.2) is 0 Å². The van der Waals surface area contributed by atoms with Crippen LogP contribution in [0.15, 0.2) is 126 Å². The Morgan fingerprint density at radius 1 is 0.592 bits per heavy atom. The molecule has 9 rings (SSSR count). The van der Waals surface area contributed by atoms with Crippen molar-refractivity contribution in [2.45, 2.75) is 46.0 Å². The highest BCUT2D eigenvalue weighted by Crippen LogP contribution is 2.39. The van der Waals surface area contributed by atoms with Crippen LogP contribution in [0.2, 0.25) is 0 Å². The first kappa shape index (κ1) is 29.4. The highest BCUT2D eigenvalue weighted by atomic mass is 16.3. The number of hydrogen-bond acceptors (Lipinski definition) is 2. The Hall–Kier alpha value is -5.79. The topological polar surface area (TPSA) is 46.8 Å². The Morgan fingerprint density at radius 2 is 1.20 bits per heavy atom. The minimum atomic E-state index is 0.674. The summed E-state index contributed by atoms with van der Waals surface area (Å²) in [5, 5.41) is 16.7. The molecule has 0 fully saturated rings. The normalized spacial score (nSPS) is 12.6. The standard InChI is InChI=1S/C45H37N3O/c1-3-5-10-29(4-2)23-30-15-19-42-37(24-30)38-26-32(47-40-13-8-6-11-34(40)36-25-31(28-46)16-20-41(36)47)17-21-43(38)48(42)33-18-22-45-39(27-33)35-12-7-9-14-44(35)49-45/h6-9,11-22,24-27,29H,3-5,10,23H2,1-2H3. The van der Waals surface area contributed by atoms with Crippen LogP contribution in [0.3, 0.4) is 0 Å². The third-order valence-corrected chi connectivity index (χ3v) is 10.6.